The molecule has 0 aliphatic carbocycles. The topological polar surface area (TPSA) is 50.4 Å². The zero-order valence-electron chi connectivity index (χ0n) is 16.5. The highest BCUT2D eigenvalue weighted by molar-refractivity contribution is 7.10. The molecule has 28 heavy (non-hydrogen) atoms. The number of aromatic amines is 1. The number of nitrogens with one attached hydrogen (secondary N) is 1. The van der Waals surface area contributed by atoms with Crippen molar-refractivity contribution in [2.45, 2.75) is 38.3 Å². The van der Waals surface area contributed by atoms with Gasteiger partial charge < -0.3 is 9.47 Å². The molecular weight excluding hydrogens is 370 g/mol. The Labute approximate surface area is 170 Å². The number of rotatable bonds is 6. The van der Waals surface area contributed by atoms with Crippen molar-refractivity contribution in [3.05, 3.63) is 52.3 Å². The minimum atomic E-state index is 0.496. The van der Waals surface area contributed by atoms with Crippen LogP contribution < -0.4 is 9.47 Å². The monoisotopic (exact) mass is 397 g/mol. The molecule has 0 spiro atoms. The third-order valence-corrected chi connectivity index (χ3v) is 6.47. The Morgan fingerprint density at radius 2 is 2.04 bits per heavy atom. The number of likely N-dealkylation sites (tertiary alicyclic amines) is 1. The first-order valence-corrected chi connectivity index (χ1v) is 10.7. The van der Waals surface area contributed by atoms with Gasteiger partial charge in [0.15, 0.2) is 11.5 Å². The van der Waals surface area contributed by atoms with E-state index in [0.717, 1.165) is 35.8 Å². The lowest BCUT2D eigenvalue weighted by Crippen LogP contribution is -2.27. The number of hydrogen-bond donors (Lipinski definition) is 1. The molecule has 1 atom stereocenters. The van der Waals surface area contributed by atoms with Crippen LogP contribution in [0.25, 0.3) is 11.3 Å². The summed E-state index contributed by atoms with van der Waals surface area (Å²) in [6.07, 6.45) is 7.05. The largest absolute Gasteiger partial charge is 0.493 e. The molecule has 2 aromatic heterocycles. The summed E-state index contributed by atoms with van der Waals surface area (Å²) in [5.74, 6) is 1.46. The number of ether oxygens (including phenoxy) is 2. The SMILES string of the molecule is COc1ccc(-c2[nH]ncc2CN2CCCCC[C@H]2c2cccs2)cc1OC. The summed E-state index contributed by atoms with van der Waals surface area (Å²) in [5.41, 5.74) is 3.33. The number of nitrogens with zero attached hydrogens (tertiary/aromatic N) is 2. The predicted molar refractivity (Wildman–Crippen MR) is 113 cm³/mol. The van der Waals surface area contributed by atoms with Gasteiger partial charge in [-0.25, -0.2) is 0 Å². The lowest BCUT2D eigenvalue weighted by atomic mass is 10.0. The smallest absolute Gasteiger partial charge is 0.161 e. The number of methoxy groups -OCH3 is 2. The summed E-state index contributed by atoms with van der Waals surface area (Å²) in [6, 6.07) is 10.9. The molecule has 0 unspecified atom stereocenters. The van der Waals surface area contributed by atoms with Crippen molar-refractivity contribution in [1.82, 2.24) is 15.1 Å². The van der Waals surface area contributed by atoms with Crippen molar-refractivity contribution in [2.75, 3.05) is 20.8 Å². The lowest BCUT2D eigenvalue weighted by Gasteiger charge is -2.29. The van der Waals surface area contributed by atoms with Crippen molar-refractivity contribution >= 4 is 11.3 Å². The van der Waals surface area contributed by atoms with E-state index < -0.39 is 0 Å². The second-order valence-corrected chi connectivity index (χ2v) is 8.17. The molecule has 0 saturated carbocycles. The van der Waals surface area contributed by atoms with Gasteiger partial charge in [0, 0.05) is 28.6 Å². The van der Waals surface area contributed by atoms with E-state index in [9.17, 15) is 0 Å². The number of H-pyrrole nitrogens is 1. The maximum atomic E-state index is 5.48. The molecule has 3 heterocycles. The fourth-order valence-electron chi connectivity index (χ4n) is 4.05. The lowest BCUT2D eigenvalue weighted by molar-refractivity contribution is 0.195. The third-order valence-electron chi connectivity index (χ3n) is 5.50. The Hall–Kier alpha value is -2.31. The maximum absolute atomic E-state index is 5.48. The number of benzene rings is 1. The fraction of sp³-hybridized carbons (Fsp3) is 0.409. The molecule has 148 valence electrons. The molecular formula is C22H27N3O2S. The zero-order chi connectivity index (χ0) is 19.3. The van der Waals surface area contributed by atoms with Crippen LogP contribution >= 0.6 is 11.3 Å². The molecule has 4 rings (SSSR count). The van der Waals surface area contributed by atoms with Crippen LogP contribution in [-0.2, 0) is 6.54 Å². The van der Waals surface area contributed by atoms with Gasteiger partial charge in [-0.15, -0.1) is 11.3 Å². The van der Waals surface area contributed by atoms with E-state index in [1.807, 2.05) is 29.7 Å². The first-order valence-electron chi connectivity index (χ1n) is 9.82. The van der Waals surface area contributed by atoms with Gasteiger partial charge in [-0.3, -0.25) is 10.00 Å². The first kappa shape index (κ1) is 19.0. The van der Waals surface area contributed by atoms with Crippen LogP contribution in [0.1, 0.15) is 42.2 Å². The number of thiophene rings is 1. The van der Waals surface area contributed by atoms with E-state index in [4.69, 9.17) is 9.47 Å². The van der Waals surface area contributed by atoms with Crippen molar-refractivity contribution in [3.63, 3.8) is 0 Å². The molecule has 1 fully saturated rings. The highest BCUT2D eigenvalue weighted by atomic mass is 32.1. The molecule has 1 N–H and O–H groups in total. The Morgan fingerprint density at radius 1 is 1.14 bits per heavy atom. The number of hydrogen-bond acceptors (Lipinski definition) is 5. The van der Waals surface area contributed by atoms with Crippen LogP contribution in [0.5, 0.6) is 11.5 Å². The predicted octanol–water partition coefficient (Wildman–Crippen LogP) is 5.27. The molecule has 0 bridgehead atoms. The summed E-state index contributed by atoms with van der Waals surface area (Å²) >= 11 is 1.87. The molecule has 3 aromatic rings. The Kier molecular flexibility index (Phi) is 5.98. The second-order valence-electron chi connectivity index (χ2n) is 7.19. The molecule has 0 amide bonds. The fourth-order valence-corrected chi connectivity index (χ4v) is 4.95. The molecule has 0 radical (unpaired) electrons. The van der Waals surface area contributed by atoms with Crippen molar-refractivity contribution in [3.8, 4) is 22.8 Å². The quantitative estimate of drug-likeness (QED) is 0.615. The van der Waals surface area contributed by atoms with Gasteiger partial charge in [-0.1, -0.05) is 18.9 Å². The highest BCUT2D eigenvalue weighted by Gasteiger charge is 2.25. The average Bonchev–Trinajstić information content (AvgIpc) is 3.37. The van der Waals surface area contributed by atoms with Crippen molar-refractivity contribution in [1.29, 1.82) is 0 Å². The van der Waals surface area contributed by atoms with Crippen LogP contribution in [-0.4, -0.2) is 35.9 Å². The summed E-state index contributed by atoms with van der Waals surface area (Å²) in [5, 5.41) is 9.73. The number of aromatic nitrogens is 2. The van der Waals surface area contributed by atoms with E-state index in [1.54, 1.807) is 14.2 Å². The standard InChI is InChI=1S/C22H27N3O2S/c1-26-19-10-9-16(13-20(19)27-2)22-17(14-23-24-22)15-25-11-5-3-4-7-18(25)21-8-6-12-28-21/h6,8-10,12-14,18H,3-5,7,11,15H2,1-2H3,(H,23,24)/t18-/m0/s1. The second kappa shape index (κ2) is 8.80. The highest BCUT2D eigenvalue weighted by Crippen LogP contribution is 2.36. The molecule has 1 aliphatic rings. The summed E-state index contributed by atoms with van der Waals surface area (Å²) in [7, 11) is 3.32. The van der Waals surface area contributed by atoms with Crippen molar-refractivity contribution < 1.29 is 9.47 Å². The summed E-state index contributed by atoms with van der Waals surface area (Å²) < 4.78 is 10.9. The Bertz CT molecular complexity index is 891. The molecule has 6 heteroatoms. The molecule has 1 aliphatic heterocycles. The van der Waals surface area contributed by atoms with Gasteiger partial charge in [-0.05, 0) is 49.0 Å². The van der Waals surface area contributed by atoms with E-state index in [-0.39, 0.29) is 0 Å². The summed E-state index contributed by atoms with van der Waals surface area (Å²) in [6.45, 7) is 2.02. The van der Waals surface area contributed by atoms with Gasteiger partial charge >= 0.3 is 0 Å². The van der Waals surface area contributed by atoms with E-state index >= 15 is 0 Å². The van der Waals surface area contributed by atoms with Crippen LogP contribution in [0.15, 0.2) is 41.9 Å². The van der Waals surface area contributed by atoms with Crippen LogP contribution in [0.4, 0.5) is 0 Å². The van der Waals surface area contributed by atoms with Crippen LogP contribution in [0.2, 0.25) is 0 Å². The van der Waals surface area contributed by atoms with Gasteiger partial charge in [0.1, 0.15) is 0 Å². The van der Waals surface area contributed by atoms with Crippen LogP contribution in [0, 0.1) is 0 Å². The molecule has 1 aromatic carbocycles. The minimum Gasteiger partial charge on any atom is -0.493 e. The maximum Gasteiger partial charge on any atom is 0.161 e. The molecule has 1 saturated heterocycles. The van der Waals surface area contributed by atoms with Gasteiger partial charge in [-0.2, -0.15) is 5.10 Å². The van der Waals surface area contributed by atoms with E-state index in [2.05, 4.69) is 38.7 Å². The average molecular weight is 398 g/mol. The third kappa shape index (κ3) is 3.93. The Balaban J connectivity index is 1.61. The van der Waals surface area contributed by atoms with E-state index in [1.165, 1.54) is 36.1 Å². The first-order chi connectivity index (χ1) is 13.8. The Morgan fingerprint density at radius 3 is 2.82 bits per heavy atom. The van der Waals surface area contributed by atoms with Crippen molar-refractivity contribution in [2.24, 2.45) is 0 Å². The van der Waals surface area contributed by atoms with Gasteiger partial charge in [0.05, 0.1) is 26.1 Å². The van der Waals surface area contributed by atoms with E-state index in [0.29, 0.717) is 6.04 Å². The van der Waals surface area contributed by atoms with Crippen LogP contribution in [0.3, 0.4) is 0 Å². The van der Waals surface area contributed by atoms with Gasteiger partial charge in [0.2, 0.25) is 0 Å². The normalized spacial score (nSPS) is 18.0. The zero-order valence-corrected chi connectivity index (χ0v) is 17.3. The summed E-state index contributed by atoms with van der Waals surface area (Å²) in [4.78, 5) is 4.09. The minimum absolute atomic E-state index is 0.496. The van der Waals surface area contributed by atoms with Gasteiger partial charge in [0.25, 0.3) is 0 Å². The molecule has 5 nitrogen and oxygen atoms in total.